The molecule has 9 heteroatoms. The van der Waals surface area contributed by atoms with Gasteiger partial charge in [-0.1, -0.05) is 15.9 Å². The zero-order chi connectivity index (χ0) is 15.9. The van der Waals surface area contributed by atoms with E-state index in [4.69, 9.17) is 5.11 Å². The Balaban J connectivity index is 2.52. The van der Waals surface area contributed by atoms with E-state index >= 15 is 0 Å². The van der Waals surface area contributed by atoms with Gasteiger partial charge in [-0.05, 0) is 40.5 Å². The standard InChI is InChI=1S/C12H13Br2NO5S/c1-6-2-9(14)11(4-8(6)13)21(19,20)15-5-7(16)3-10(15)12(17)18/h2,4,7,10,16H,3,5H2,1H3,(H,17,18)/t7-,10-/m1/s1. The summed E-state index contributed by atoms with van der Waals surface area (Å²) < 4.78 is 27.2. The van der Waals surface area contributed by atoms with E-state index in [9.17, 15) is 18.3 Å². The van der Waals surface area contributed by atoms with Gasteiger partial charge in [0.15, 0.2) is 0 Å². The highest BCUT2D eigenvalue weighted by Crippen LogP contribution is 2.34. The second-order valence-corrected chi connectivity index (χ2v) is 8.42. The second kappa shape index (κ2) is 5.96. The van der Waals surface area contributed by atoms with E-state index in [1.165, 1.54) is 6.07 Å². The minimum atomic E-state index is -4.02. The third kappa shape index (κ3) is 3.16. The number of sulfonamides is 1. The summed E-state index contributed by atoms with van der Waals surface area (Å²) in [6.45, 7) is 1.59. The summed E-state index contributed by atoms with van der Waals surface area (Å²) in [6, 6.07) is 1.81. The van der Waals surface area contributed by atoms with Gasteiger partial charge >= 0.3 is 5.97 Å². The van der Waals surface area contributed by atoms with Crippen molar-refractivity contribution in [3.8, 4) is 0 Å². The van der Waals surface area contributed by atoms with Crippen LogP contribution in [0.25, 0.3) is 0 Å². The topological polar surface area (TPSA) is 94.9 Å². The first-order chi connectivity index (χ1) is 9.64. The van der Waals surface area contributed by atoms with Crippen LogP contribution >= 0.6 is 31.9 Å². The van der Waals surface area contributed by atoms with E-state index in [-0.39, 0.29) is 17.9 Å². The molecular weight excluding hydrogens is 430 g/mol. The number of halogens is 2. The highest BCUT2D eigenvalue weighted by molar-refractivity contribution is 9.11. The fourth-order valence-electron chi connectivity index (χ4n) is 2.23. The molecule has 0 radical (unpaired) electrons. The Morgan fingerprint density at radius 3 is 2.52 bits per heavy atom. The lowest BCUT2D eigenvalue weighted by Crippen LogP contribution is -2.40. The molecule has 1 saturated heterocycles. The third-order valence-electron chi connectivity index (χ3n) is 3.32. The number of hydrogen-bond acceptors (Lipinski definition) is 4. The fraction of sp³-hybridized carbons (Fsp3) is 0.417. The van der Waals surface area contributed by atoms with Gasteiger partial charge in [-0.15, -0.1) is 0 Å². The van der Waals surface area contributed by atoms with Gasteiger partial charge in [-0.25, -0.2) is 8.42 Å². The molecule has 0 bridgehead atoms. The second-order valence-electron chi connectivity index (χ2n) is 4.85. The number of aliphatic hydroxyl groups excluding tert-OH is 1. The molecule has 0 aliphatic carbocycles. The van der Waals surface area contributed by atoms with Gasteiger partial charge in [0.1, 0.15) is 6.04 Å². The maximum atomic E-state index is 12.7. The van der Waals surface area contributed by atoms with Crippen LogP contribution in [-0.4, -0.2) is 47.6 Å². The Morgan fingerprint density at radius 2 is 1.95 bits per heavy atom. The molecule has 0 unspecified atom stereocenters. The Hall–Kier alpha value is -0.480. The molecule has 1 aromatic rings. The highest BCUT2D eigenvalue weighted by atomic mass is 79.9. The molecule has 0 aromatic heterocycles. The molecule has 1 aliphatic heterocycles. The first-order valence-corrected chi connectivity index (χ1v) is 9.05. The summed E-state index contributed by atoms with van der Waals surface area (Å²) >= 11 is 6.47. The molecule has 21 heavy (non-hydrogen) atoms. The summed E-state index contributed by atoms with van der Waals surface area (Å²) in [4.78, 5) is 11.2. The maximum Gasteiger partial charge on any atom is 0.322 e. The van der Waals surface area contributed by atoms with Gasteiger partial charge in [0, 0.05) is 21.9 Å². The molecule has 1 heterocycles. The molecule has 1 aliphatic rings. The van der Waals surface area contributed by atoms with Crippen molar-refractivity contribution in [1.82, 2.24) is 4.31 Å². The van der Waals surface area contributed by atoms with Gasteiger partial charge in [0.05, 0.1) is 11.0 Å². The van der Waals surface area contributed by atoms with Crippen molar-refractivity contribution in [3.05, 3.63) is 26.6 Å². The Bertz CT molecular complexity index is 691. The van der Waals surface area contributed by atoms with Gasteiger partial charge in [-0.3, -0.25) is 4.79 Å². The molecule has 1 aromatic carbocycles. The lowest BCUT2D eigenvalue weighted by Gasteiger charge is -2.21. The van der Waals surface area contributed by atoms with Crippen molar-refractivity contribution in [1.29, 1.82) is 0 Å². The van der Waals surface area contributed by atoms with Crippen LogP contribution in [0.1, 0.15) is 12.0 Å². The van der Waals surface area contributed by atoms with Crippen LogP contribution in [0, 0.1) is 6.92 Å². The SMILES string of the molecule is Cc1cc(Br)c(S(=O)(=O)N2C[C@H](O)C[C@@H]2C(=O)O)cc1Br. The van der Waals surface area contributed by atoms with Gasteiger partial charge in [0.2, 0.25) is 10.0 Å². The molecule has 2 N–H and O–H groups in total. The van der Waals surface area contributed by atoms with Crippen molar-refractivity contribution in [2.24, 2.45) is 0 Å². The first-order valence-electron chi connectivity index (χ1n) is 6.03. The number of hydrogen-bond donors (Lipinski definition) is 2. The number of carboxylic acids is 1. The van der Waals surface area contributed by atoms with Gasteiger partial charge < -0.3 is 10.2 Å². The molecule has 1 fully saturated rings. The van der Waals surface area contributed by atoms with Crippen LogP contribution in [0.3, 0.4) is 0 Å². The normalized spacial score (nSPS) is 23.4. The number of aliphatic carboxylic acids is 1. The minimum Gasteiger partial charge on any atom is -0.480 e. The smallest absolute Gasteiger partial charge is 0.322 e. The first kappa shape index (κ1) is 16.9. The summed E-state index contributed by atoms with van der Waals surface area (Å²) in [7, 11) is -4.02. The number of β-amino-alcohol motifs (C(OH)–C–C–N with tert-alkyl or cyclic N) is 1. The molecule has 0 amide bonds. The molecule has 0 saturated carbocycles. The van der Waals surface area contributed by atoms with Crippen LogP contribution in [0.4, 0.5) is 0 Å². The number of rotatable bonds is 3. The fourth-order valence-corrected chi connectivity index (χ4v) is 5.50. The number of benzene rings is 1. The van der Waals surface area contributed by atoms with Crippen LogP contribution in [-0.2, 0) is 14.8 Å². The molecule has 2 atom stereocenters. The zero-order valence-corrected chi connectivity index (χ0v) is 14.9. The van der Waals surface area contributed by atoms with Crippen molar-refractivity contribution >= 4 is 47.9 Å². The van der Waals surface area contributed by atoms with Crippen LogP contribution in [0.15, 0.2) is 26.0 Å². The molecule has 6 nitrogen and oxygen atoms in total. The van der Waals surface area contributed by atoms with E-state index in [0.717, 1.165) is 9.87 Å². The summed E-state index contributed by atoms with van der Waals surface area (Å²) in [5.74, 6) is -1.27. The largest absolute Gasteiger partial charge is 0.480 e. The monoisotopic (exact) mass is 441 g/mol. The third-order valence-corrected chi connectivity index (χ3v) is 7.01. The van der Waals surface area contributed by atoms with E-state index in [2.05, 4.69) is 31.9 Å². The van der Waals surface area contributed by atoms with Gasteiger partial charge in [0.25, 0.3) is 0 Å². The molecule has 0 spiro atoms. The summed E-state index contributed by atoms with van der Waals surface area (Å²) in [5, 5.41) is 18.7. The number of aliphatic hydroxyl groups is 1. The quantitative estimate of drug-likeness (QED) is 0.743. The van der Waals surface area contributed by atoms with E-state index < -0.39 is 28.1 Å². The van der Waals surface area contributed by atoms with Gasteiger partial charge in [-0.2, -0.15) is 4.31 Å². The lowest BCUT2D eigenvalue weighted by atomic mass is 10.2. The van der Waals surface area contributed by atoms with Crippen molar-refractivity contribution in [3.63, 3.8) is 0 Å². The van der Waals surface area contributed by atoms with Crippen LogP contribution in [0.2, 0.25) is 0 Å². The minimum absolute atomic E-state index is 0.0275. The summed E-state index contributed by atoms with van der Waals surface area (Å²) in [5.41, 5.74) is 0.845. The average molecular weight is 443 g/mol. The molecule has 116 valence electrons. The molecular formula is C12H13Br2NO5S. The average Bonchev–Trinajstić information content (AvgIpc) is 2.76. The Kier molecular flexibility index (Phi) is 4.79. The number of aryl methyl sites for hydroxylation is 1. The van der Waals surface area contributed by atoms with Crippen LogP contribution < -0.4 is 0 Å². The number of carboxylic acid groups (broad SMARTS) is 1. The van der Waals surface area contributed by atoms with E-state index in [1.54, 1.807) is 6.07 Å². The Labute approximate surface area is 139 Å². The maximum absolute atomic E-state index is 12.7. The predicted molar refractivity (Wildman–Crippen MR) is 82.5 cm³/mol. The lowest BCUT2D eigenvalue weighted by molar-refractivity contribution is -0.140. The van der Waals surface area contributed by atoms with Crippen LogP contribution in [0.5, 0.6) is 0 Å². The number of carbonyl (C=O) groups is 1. The molecule has 2 rings (SSSR count). The van der Waals surface area contributed by atoms with Crippen molar-refractivity contribution in [2.45, 2.75) is 30.4 Å². The van der Waals surface area contributed by atoms with E-state index in [1.807, 2.05) is 6.92 Å². The van der Waals surface area contributed by atoms with Crippen molar-refractivity contribution in [2.75, 3.05) is 6.54 Å². The predicted octanol–water partition coefficient (Wildman–Crippen LogP) is 1.73. The summed E-state index contributed by atoms with van der Waals surface area (Å²) in [6.07, 6.45) is -1.09. The Morgan fingerprint density at radius 1 is 1.33 bits per heavy atom. The zero-order valence-electron chi connectivity index (χ0n) is 11.0. The van der Waals surface area contributed by atoms with E-state index in [0.29, 0.717) is 8.95 Å². The number of nitrogens with zero attached hydrogens (tertiary/aromatic N) is 1. The van der Waals surface area contributed by atoms with Crippen molar-refractivity contribution < 1.29 is 23.4 Å². The highest BCUT2D eigenvalue weighted by Gasteiger charge is 2.44.